The SMILES string of the molecule is CC[C@H](C(=O)Nc1ccc(Br)cc1F)N(c1ccccc1)S(C)(=O)=O. The Kier molecular flexibility index (Phi) is 6.18. The van der Waals surface area contributed by atoms with Gasteiger partial charge in [0.15, 0.2) is 0 Å². The van der Waals surface area contributed by atoms with Crippen LogP contribution < -0.4 is 9.62 Å². The van der Waals surface area contributed by atoms with Gasteiger partial charge < -0.3 is 5.32 Å². The number of carbonyl (C=O) groups excluding carboxylic acids is 1. The standard InChI is InChI=1S/C17H18BrFN2O3S/c1-3-16(17(22)20-15-10-9-12(18)11-14(15)19)21(25(2,23)24)13-7-5-4-6-8-13/h4-11,16H,3H2,1-2H3,(H,20,22)/t16-/m1/s1. The van der Waals surface area contributed by atoms with Crippen molar-refractivity contribution in [1.82, 2.24) is 0 Å². The molecule has 0 aliphatic rings. The van der Waals surface area contributed by atoms with Crippen molar-refractivity contribution < 1.29 is 17.6 Å². The lowest BCUT2D eigenvalue weighted by molar-refractivity contribution is -0.117. The van der Waals surface area contributed by atoms with Gasteiger partial charge in [0.05, 0.1) is 17.6 Å². The van der Waals surface area contributed by atoms with E-state index in [2.05, 4.69) is 21.2 Å². The summed E-state index contributed by atoms with van der Waals surface area (Å²) in [5.41, 5.74) is 0.372. The van der Waals surface area contributed by atoms with Crippen LogP contribution in [0.5, 0.6) is 0 Å². The smallest absolute Gasteiger partial charge is 0.248 e. The van der Waals surface area contributed by atoms with E-state index in [1.807, 2.05) is 0 Å². The van der Waals surface area contributed by atoms with Crippen molar-refractivity contribution in [2.45, 2.75) is 19.4 Å². The number of hydrogen-bond donors (Lipinski definition) is 1. The van der Waals surface area contributed by atoms with E-state index < -0.39 is 27.8 Å². The molecule has 2 aromatic carbocycles. The van der Waals surface area contributed by atoms with E-state index in [-0.39, 0.29) is 12.1 Å². The van der Waals surface area contributed by atoms with Gasteiger partial charge in [-0.25, -0.2) is 12.8 Å². The Balaban J connectivity index is 2.36. The fourth-order valence-corrected chi connectivity index (χ4v) is 3.99. The van der Waals surface area contributed by atoms with Crippen LogP contribution in [0, 0.1) is 5.82 Å². The zero-order chi connectivity index (χ0) is 18.6. The maximum atomic E-state index is 14.0. The molecule has 0 saturated carbocycles. The van der Waals surface area contributed by atoms with Crippen LogP contribution in [0.1, 0.15) is 13.3 Å². The van der Waals surface area contributed by atoms with Gasteiger partial charge in [-0.2, -0.15) is 0 Å². The van der Waals surface area contributed by atoms with Crippen LogP contribution >= 0.6 is 15.9 Å². The summed E-state index contributed by atoms with van der Waals surface area (Å²) in [5.74, 6) is -1.21. The molecule has 0 unspecified atom stereocenters. The van der Waals surface area contributed by atoms with Crippen LogP contribution in [-0.2, 0) is 14.8 Å². The molecule has 2 rings (SSSR count). The molecule has 5 nitrogen and oxygen atoms in total. The van der Waals surface area contributed by atoms with Crippen molar-refractivity contribution in [2.75, 3.05) is 15.9 Å². The van der Waals surface area contributed by atoms with E-state index in [4.69, 9.17) is 0 Å². The lowest BCUT2D eigenvalue weighted by atomic mass is 10.1. The predicted octanol–water partition coefficient (Wildman–Crippen LogP) is 3.77. The summed E-state index contributed by atoms with van der Waals surface area (Å²) in [6.45, 7) is 1.70. The number of nitrogens with zero attached hydrogens (tertiary/aromatic N) is 1. The van der Waals surface area contributed by atoms with Crippen LogP contribution in [0.25, 0.3) is 0 Å². The number of anilines is 2. The highest BCUT2D eigenvalue weighted by Crippen LogP contribution is 2.24. The van der Waals surface area contributed by atoms with Gasteiger partial charge in [-0.1, -0.05) is 41.1 Å². The molecule has 134 valence electrons. The van der Waals surface area contributed by atoms with Crippen molar-refractivity contribution in [1.29, 1.82) is 0 Å². The van der Waals surface area contributed by atoms with E-state index in [1.165, 1.54) is 12.1 Å². The number of sulfonamides is 1. The second-order valence-electron chi connectivity index (χ2n) is 5.43. The van der Waals surface area contributed by atoms with Gasteiger partial charge in [-0.15, -0.1) is 0 Å². The Hall–Kier alpha value is -1.93. The van der Waals surface area contributed by atoms with Crippen molar-refractivity contribution in [3.05, 3.63) is 58.8 Å². The molecule has 0 spiro atoms. The summed E-state index contributed by atoms with van der Waals surface area (Å²) in [5, 5.41) is 2.47. The molecule has 0 aromatic heterocycles. The minimum absolute atomic E-state index is 0.00633. The number of amides is 1. The van der Waals surface area contributed by atoms with Gasteiger partial charge in [0.1, 0.15) is 11.9 Å². The zero-order valence-corrected chi connectivity index (χ0v) is 16.1. The molecular formula is C17H18BrFN2O3S. The molecule has 0 bridgehead atoms. The van der Waals surface area contributed by atoms with Gasteiger partial charge in [0.2, 0.25) is 15.9 Å². The van der Waals surface area contributed by atoms with Crippen molar-refractivity contribution in [3.63, 3.8) is 0 Å². The predicted molar refractivity (Wildman–Crippen MR) is 101 cm³/mol. The third kappa shape index (κ3) is 4.79. The normalized spacial score (nSPS) is 12.5. The first-order chi connectivity index (χ1) is 11.7. The molecule has 8 heteroatoms. The minimum atomic E-state index is -3.71. The molecule has 0 heterocycles. The summed E-state index contributed by atoms with van der Waals surface area (Å²) in [7, 11) is -3.71. The summed E-state index contributed by atoms with van der Waals surface area (Å²) in [4.78, 5) is 12.6. The van der Waals surface area contributed by atoms with Gasteiger partial charge in [-0.05, 0) is 36.8 Å². The second-order valence-corrected chi connectivity index (χ2v) is 8.21. The fraction of sp³-hybridized carbons (Fsp3) is 0.235. The third-order valence-electron chi connectivity index (χ3n) is 3.53. The van der Waals surface area contributed by atoms with E-state index in [1.54, 1.807) is 43.3 Å². The molecule has 25 heavy (non-hydrogen) atoms. The first-order valence-electron chi connectivity index (χ1n) is 7.54. The Bertz CT molecular complexity index is 859. The largest absolute Gasteiger partial charge is 0.322 e. The molecule has 2 aromatic rings. The first-order valence-corrected chi connectivity index (χ1v) is 10.2. The van der Waals surface area contributed by atoms with Crippen LogP contribution in [0.3, 0.4) is 0 Å². The maximum Gasteiger partial charge on any atom is 0.248 e. The average molecular weight is 429 g/mol. The molecular weight excluding hydrogens is 411 g/mol. The van der Waals surface area contributed by atoms with E-state index in [9.17, 15) is 17.6 Å². The fourth-order valence-electron chi connectivity index (χ4n) is 2.44. The average Bonchev–Trinajstić information content (AvgIpc) is 2.54. The number of carbonyl (C=O) groups is 1. The number of halogens is 2. The number of para-hydroxylation sites is 1. The van der Waals surface area contributed by atoms with Crippen LogP contribution in [0.4, 0.5) is 15.8 Å². The Labute approximate surface area is 155 Å². The molecule has 1 amide bonds. The van der Waals surface area contributed by atoms with Gasteiger partial charge in [0, 0.05) is 4.47 Å². The number of rotatable bonds is 6. The lowest BCUT2D eigenvalue weighted by Gasteiger charge is -2.30. The molecule has 0 aliphatic carbocycles. The third-order valence-corrected chi connectivity index (χ3v) is 5.20. The Morgan fingerprint density at radius 1 is 1.24 bits per heavy atom. The van der Waals surface area contributed by atoms with Crippen molar-refractivity contribution in [3.8, 4) is 0 Å². The maximum absolute atomic E-state index is 14.0. The highest BCUT2D eigenvalue weighted by Gasteiger charge is 2.31. The topological polar surface area (TPSA) is 66.5 Å². The molecule has 0 fully saturated rings. The van der Waals surface area contributed by atoms with Crippen LogP contribution in [0.2, 0.25) is 0 Å². The summed E-state index contributed by atoms with van der Waals surface area (Å²) >= 11 is 3.14. The summed E-state index contributed by atoms with van der Waals surface area (Å²) in [6, 6.07) is 11.6. The van der Waals surface area contributed by atoms with Crippen LogP contribution in [-0.4, -0.2) is 26.6 Å². The summed E-state index contributed by atoms with van der Waals surface area (Å²) in [6.07, 6.45) is 1.27. The lowest BCUT2D eigenvalue weighted by Crippen LogP contribution is -2.47. The monoisotopic (exact) mass is 428 g/mol. The van der Waals surface area contributed by atoms with Crippen LogP contribution in [0.15, 0.2) is 53.0 Å². The number of hydrogen-bond acceptors (Lipinski definition) is 3. The first kappa shape index (κ1) is 19.4. The number of nitrogens with one attached hydrogen (secondary N) is 1. The highest BCUT2D eigenvalue weighted by molar-refractivity contribution is 9.10. The molecule has 1 N–H and O–H groups in total. The zero-order valence-electron chi connectivity index (χ0n) is 13.7. The molecule has 0 radical (unpaired) electrons. The van der Waals surface area contributed by atoms with Gasteiger partial charge in [0.25, 0.3) is 0 Å². The van der Waals surface area contributed by atoms with Gasteiger partial charge >= 0.3 is 0 Å². The second kappa shape index (κ2) is 7.97. The van der Waals surface area contributed by atoms with Crippen molar-refractivity contribution in [2.24, 2.45) is 0 Å². The minimum Gasteiger partial charge on any atom is -0.322 e. The quantitative estimate of drug-likeness (QED) is 0.761. The van der Waals surface area contributed by atoms with E-state index >= 15 is 0 Å². The Morgan fingerprint density at radius 3 is 2.40 bits per heavy atom. The number of benzene rings is 2. The van der Waals surface area contributed by atoms with Gasteiger partial charge in [-0.3, -0.25) is 9.10 Å². The van der Waals surface area contributed by atoms with E-state index in [0.29, 0.717) is 10.2 Å². The highest BCUT2D eigenvalue weighted by atomic mass is 79.9. The molecule has 1 atom stereocenters. The Morgan fingerprint density at radius 2 is 1.88 bits per heavy atom. The van der Waals surface area contributed by atoms with E-state index in [0.717, 1.165) is 10.6 Å². The van der Waals surface area contributed by atoms with Crippen molar-refractivity contribution >= 4 is 43.2 Å². The molecule has 0 aliphatic heterocycles. The summed E-state index contributed by atoms with van der Waals surface area (Å²) < 4.78 is 40.1. The molecule has 0 saturated heterocycles.